The van der Waals surface area contributed by atoms with Gasteiger partial charge in [0.2, 0.25) is 0 Å². The first-order valence-electron chi connectivity index (χ1n) is 17.0. The zero-order valence-corrected chi connectivity index (χ0v) is 27.3. The number of rotatable bonds is 10. The van der Waals surface area contributed by atoms with Gasteiger partial charge in [-0.3, -0.25) is 0 Å². The second-order valence-corrected chi connectivity index (χ2v) is 14.7. The van der Waals surface area contributed by atoms with E-state index in [1.807, 2.05) is 56.3 Å². The first-order valence-corrected chi connectivity index (χ1v) is 17.0. The van der Waals surface area contributed by atoms with Gasteiger partial charge in [-0.2, -0.15) is 0 Å². The van der Waals surface area contributed by atoms with Crippen LogP contribution >= 0.6 is 0 Å². The molecule has 7 rings (SSSR count). The maximum atomic E-state index is 13.2. The van der Waals surface area contributed by atoms with Gasteiger partial charge in [0.15, 0.2) is 0 Å². The zero-order chi connectivity index (χ0) is 32.7. The third-order valence-corrected chi connectivity index (χ3v) is 12.1. The number of unbranched alkanes of at least 4 members (excludes halogenated alkanes) is 3. The predicted octanol–water partition coefficient (Wildman–Crippen LogP) is 4.45. The van der Waals surface area contributed by atoms with Crippen molar-refractivity contribution in [1.29, 1.82) is 0 Å². The SMILES string of the molecule is C=C(C)[C@]12C[C@@H](C)[C@@]34O[C@](c5ccccc5)(O[C@@H]1[C@@H]3[C@@H]1O[C@]1(CO)[C@@H](O)[C@@]1(O)[C@H]4C[C@H](C)[C@@H]1OC(=O)C=CC=CCCCCC)O2. The molecule has 250 valence electrons. The monoisotopic (exact) mass is 636 g/mol. The van der Waals surface area contributed by atoms with Crippen LogP contribution in [0.2, 0.25) is 0 Å². The van der Waals surface area contributed by atoms with Crippen molar-refractivity contribution in [2.24, 2.45) is 23.7 Å². The number of epoxide rings is 1. The van der Waals surface area contributed by atoms with E-state index in [0.29, 0.717) is 18.4 Å². The molecule has 6 fully saturated rings. The summed E-state index contributed by atoms with van der Waals surface area (Å²) in [5, 5.41) is 36.0. The number of hydrogen-bond donors (Lipinski definition) is 3. The number of ether oxygens (including phenoxy) is 5. The van der Waals surface area contributed by atoms with Crippen LogP contribution in [0.1, 0.15) is 71.8 Å². The third-order valence-electron chi connectivity index (χ3n) is 12.1. The van der Waals surface area contributed by atoms with E-state index in [0.717, 1.165) is 31.3 Å². The third kappa shape index (κ3) is 4.15. The van der Waals surface area contributed by atoms with Crippen molar-refractivity contribution in [2.45, 2.75) is 119 Å². The minimum atomic E-state index is -2.00. The molecule has 3 bridgehead atoms. The molecule has 0 radical (unpaired) electrons. The van der Waals surface area contributed by atoms with Crippen molar-refractivity contribution in [3.8, 4) is 0 Å². The summed E-state index contributed by atoms with van der Waals surface area (Å²) in [5.41, 5.74) is -4.09. The molecule has 0 unspecified atom stereocenters. The normalized spacial score (nSPS) is 48.2. The predicted molar refractivity (Wildman–Crippen MR) is 168 cm³/mol. The zero-order valence-electron chi connectivity index (χ0n) is 27.3. The van der Waals surface area contributed by atoms with Crippen molar-refractivity contribution in [2.75, 3.05) is 6.61 Å². The molecule has 46 heavy (non-hydrogen) atoms. The number of fused-ring (bicyclic) bond motifs is 3. The Balaban J connectivity index is 1.30. The van der Waals surface area contributed by atoms with E-state index in [4.69, 9.17) is 23.7 Å². The van der Waals surface area contributed by atoms with Crippen molar-refractivity contribution in [3.63, 3.8) is 0 Å². The summed E-state index contributed by atoms with van der Waals surface area (Å²) in [5.74, 6) is -4.00. The number of aliphatic hydroxyl groups is 3. The number of hydrogen-bond acceptors (Lipinski definition) is 9. The van der Waals surface area contributed by atoms with Crippen molar-refractivity contribution < 1.29 is 43.8 Å². The molecule has 13 atom stereocenters. The van der Waals surface area contributed by atoms with E-state index in [9.17, 15) is 20.1 Å². The van der Waals surface area contributed by atoms with Gasteiger partial charge in [-0.05, 0) is 50.0 Å². The quantitative estimate of drug-likeness (QED) is 0.0853. The van der Waals surface area contributed by atoms with Crippen molar-refractivity contribution in [3.05, 3.63) is 72.4 Å². The van der Waals surface area contributed by atoms with Crippen LogP contribution in [-0.4, -0.2) is 74.7 Å². The fourth-order valence-electron chi connectivity index (χ4n) is 9.94. The second-order valence-electron chi connectivity index (χ2n) is 14.7. The molecule has 0 amide bonds. The summed E-state index contributed by atoms with van der Waals surface area (Å²) in [6, 6.07) is 9.48. The Morgan fingerprint density at radius 2 is 1.87 bits per heavy atom. The van der Waals surface area contributed by atoms with Crippen LogP contribution in [0.25, 0.3) is 0 Å². The molecule has 3 saturated heterocycles. The molecule has 0 spiro atoms. The average molecular weight is 637 g/mol. The molecule has 9 nitrogen and oxygen atoms in total. The minimum Gasteiger partial charge on any atom is -0.456 e. The fourth-order valence-corrected chi connectivity index (χ4v) is 9.94. The van der Waals surface area contributed by atoms with Gasteiger partial charge in [0.05, 0.1) is 12.2 Å². The van der Waals surface area contributed by atoms with Gasteiger partial charge in [0.1, 0.15) is 41.2 Å². The summed E-state index contributed by atoms with van der Waals surface area (Å²) in [7, 11) is 0. The highest BCUT2D eigenvalue weighted by atomic mass is 16.9. The summed E-state index contributed by atoms with van der Waals surface area (Å²) in [6.45, 7) is 11.9. The van der Waals surface area contributed by atoms with Crippen LogP contribution in [0.3, 0.4) is 0 Å². The van der Waals surface area contributed by atoms with E-state index >= 15 is 0 Å². The Hall–Kier alpha value is -2.37. The van der Waals surface area contributed by atoms with Crippen LogP contribution < -0.4 is 0 Å². The highest BCUT2D eigenvalue weighted by Gasteiger charge is 2.89. The maximum absolute atomic E-state index is 13.2. The first-order chi connectivity index (χ1) is 22.0. The summed E-state index contributed by atoms with van der Waals surface area (Å²) >= 11 is 0. The van der Waals surface area contributed by atoms with E-state index < -0.39 is 77.2 Å². The van der Waals surface area contributed by atoms with Gasteiger partial charge in [0.25, 0.3) is 0 Å². The summed E-state index contributed by atoms with van der Waals surface area (Å²) in [4.78, 5) is 13.2. The lowest BCUT2D eigenvalue weighted by Gasteiger charge is -2.60. The summed E-state index contributed by atoms with van der Waals surface area (Å²) in [6.07, 6.45) is 8.11. The number of carbonyl (C=O) groups is 1. The largest absolute Gasteiger partial charge is 0.456 e. The number of benzene rings is 1. The molecule has 3 heterocycles. The van der Waals surface area contributed by atoms with Crippen LogP contribution in [0, 0.1) is 23.7 Å². The standard InChI is InChI=1S/C37H48O9/c1-6-7-8-9-10-11-15-18-27(39)42-29-23(4)19-26-35(29,41)32(40)34(21-38)31(43-34)28-30-33(22(2)3)20-24(5)36(26,28)46-37(44-30,45-33)25-16-13-12-14-17-25/h10-18,23-24,26,28-32,38,40-41H,2,6-9,19-21H2,1,3-5H3/t23-,24+,26+,28+,29-,30+,31-,32+,33+,34-,35+,36-,37+/m0/s1. The maximum Gasteiger partial charge on any atom is 0.331 e. The first kappa shape index (κ1) is 32.2. The summed E-state index contributed by atoms with van der Waals surface area (Å²) < 4.78 is 33.3. The number of carbonyl (C=O) groups excluding carboxylic acids is 1. The van der Waals surface area contributed by atoms with Gasteiger partial charge in [-0.25, -0.2) is 4.79 Å². The van der Waals surface area contributed by atoms with Crippen molar-refractivity contribution in [1.82, 2.24) is 0 Å². The fraction of sp³-hybridized carbons (Fsp3) is 0.649. The Bertz CT molecular complexity index is 1430. The van der Waals surface area contributed by atoms with E-state index in [1.54, 1.807) is 6.08 Å². The lowest BCUT2D eigenvalue weighted by atomic mass is 9.54. The Kier molecular flexibility index (Phi) is 7.76. The molecule has 1 aromatic carbocycles. The van der Waals surface area contributed by atoms with Crippen LogP contribution in [-0.2, 0) is 34.5 Å². The van der Waals surface area contributed by atoms with Gasteiger partial charge in [-0.15, -0.1) is 0 Å². The van der Waals surface area contributed by atoms with Crippen LogP contribution in [0.4, 0.5) is 0 Å². The number of aliphatic hydroxyl groups excluding tert-OH is 2. The van der Waals surface area contributed by atoms with Gasteiger partial charge < -0.3 is 39.0 Å². The molecular weight excluding hydrogens is 588 g/mol. The Morgan fingerprint density at radius 1 is 1.11 bits per heavy atom. The molecular formula is C37H48O9. The molecule has 3 N–H and O–H groups in total. The lowest BCUT2D eigenvalue weighted by Crippen LogP contribution is -2.72. The lowest BCUT2D eigenvalue weighted by molar-refractivity contribution is -0.443. The second kappa shape index (κ2) is 11.1. The van der Waals surface area contributed by atoms with Crippen LogP contribution in [0.5, 0.6) is 0 Å². The molecule has 3 saturated carbocycles. The van der Waals surface area contributed by atoms with E-state index in [-0.39, 0.29) is 11.8 Å². The molecule has 6 aliphatic rings. The molecule has 3 aliphatic heterocycles. The molecule has 9 heteroatoms. The minimum absolute atomic E-state index is 0.221. The number of esters is 1. The van der Waals surface area contributed by atoms with Gasteiger partial charge in [0, 0.05) is 23.5 Å². The van der Waals surface area contributed by atoms with Crippen LogP contribution in [0.15, 0.2) is 66.8 Å². The highest BCUT2D eigenvalue weighted by Crippen LogP contribution is 2.75. The Labute approximate surface area is 271 Å². The van der Waals surface area contributed by atoms with Gasteiger partial charge in [-0.1, -0.05) is 88.8 Å². The van der Waals surface area contributed by atoms with Gasteiger partial charge >= 0.3 is 11.9 Å². The smallest absolute Gasteiger partial charge is 0.331 e. The Morgan fingerprint density at radius 3 is 2.57 bits per heavy atom. The van der Waals surface area contributed by atoms with E-state index in [2.05, 4.69) is 20.4 Å². The molecule has 3 aliphatic carbocycles. The molecule has 1 aromatic rings. The number of allylic oxidation sites excluding steroid dienone is 3. The highest BCUT2D eigenvalue weighted by molar-refractivity contribution is 5.82. The average Bonchev–Trinajstić information content (AvgIpc) is 3.67. The molecule has 0 aromatic heterocycles. The topological polar surface area (TPSA) is 127 Å². The van der Waals surface area contributed by atoms with E-state index in [1.165, 1.54) is 6.08 Å². The van der Waals surface area contributed by atoms with Crippen molar-refractivity contribution >= 4 is 5.97 Å².